The molecule has 0 aliphatic carbocycles. The first-order valence-corrected chi connectivity index (χ1v) is 6.76. The van der Waals surface area contributed by atoms with Gasteiger partial charge in [0.25, 0.3) is 0 Å². The Labute approximate surface area is 131 Å². The lowest BCUT2D eigenvalue weighted by Gasteiger charge is -2.10. The lowest BCUT2D eigenvalue weighted by atomic mass is 10.1. The molecule has 2 rings (SSSR count). The Morgan fingerprint density at radius 3 is 2.57 bits per heavy atom. The van der Waals surface area contributed by atoms with Crippen molar-refractivity contribution in [1.29, 1.82) is 0 Å². The van der Waals surface area contributed by atoms with Crippen LogP contribution in [-0.2, 0) is 24.4 Å². The molecular weight excluding hydrogens is 311 g/mol. The summed E-state index contributed by atoms with van der Waals surface area (Å²) in [4.78, 5) is 12.1. The van der Waals surface area contributed by atoms with Gasteiger partial charge in [0.1, 0.15) is 11.6 Å². The van der Waals surface area contributed by atoms with Crippen LogP contribution in [0.5, 0.6) is 5.75 Å². The van der Waals surface area contributed by atoms with Crippen molar-refractivity contribution in [3.63, 3.8) is 0 Å². The molecule has 124 valence electrons. The number of amides is 1. The molecule has 1 N–H and O–H groups in total. The van der Waals surface area contributed by atoms with Gasteiger partial charge < -0.3 is 10.1 Å². The summed E-state index contributed by atoms with van der Waals surface area (Å²) < 4.78 is 44.6. The molecule has 0 atom stereocenters. The number of aromatic nitrogens is 2. The van der Waals surface area contributed by atoms with E-state index in [1.807, 2.05) is 0 Å². The van der Waals surface area contributed by atoms with Gasteiger partial charge in [-0.3, -0.25) is 9.48 Å². The van der Waals surface area contributed by atoms with E-state index >= 15 is 0 Å². The van der Waals surface area contributed by atoms with Crippen LogP contribution in [0.25, 0.3) is 0 Å². The minimum absolute atomic E-state index is 0.0179. The number of carbonyl (C=O) groups excluding carboxylic acids is 1. The number of hydrogen-bond acceptors (Lipinski definition) is 3. The summed E-state index contributed by atoms with van der Waals surface area (Å²) in [6, 6.07) is 6.94. The van der Waals surface area contributed by atoms with Gasteiger partial charge in [0, 0.05) is 18.2 Å². The number of aryl methyl sites for hydroxylation is 1. The number of rotatable bonds is 4. The molecule has 1 aromatic heterocycles. The SMILES string of the molecule is COc1ccccc1CC(=O)Nc1c(C)c(C(F)(F)F)nn1C. The van der Waals surface area contributed by atoms with Gasteiger partial charge in [0.15, 0.2) is 5.69 Å². The van der Waals surface area contributed by atoms with Crippen molar-refractivity contribution in [2.24, 2.45) is 7.05 Å². The highest BCUT2D eigenvalue weighted by molar-refractivity contribution is 5.92. The number of nitrogens with one attached hydrogen (secondary N) is 1. The highest BCUT2D eigenvalue weighted by Gasteiger charge is 2.37. The fourth-order valence-corrected chi connectivity index (χ4v) is 2.27. The largest absolute Gasteiger partial charge is 0.496 e. The number of alkyl halides is 3. The average Bonchev–Trinajstić information content (AvgIpc) is 2.76. The fourth-order valence-electron chi connectivity index (χ4n) is 2.27. The summed E-state index contributed by atoms with van der Waals surface area (Å²) in [5, 5.41) is 5.90. The van der Waals surface area contributed by atoms with Crippen molar-refractivity contribution in [3.8, 4) is 5.75 Å². The number of hydrogen-bond donors (Lipinski definition) is 1. The van der Waals surface area contributed by atoms with Crippen LogP contribution in [0.4, 0.5) is 19.0 Å². The Morgan fingerprint density at radius 2 is 2.00 bits per heavy atom. The zero-order valence-electron chi connectivity index (χ0n) is 12.9. The number of anilines is 1. The number of halogens is 3. The third-order valence-electron chi connectivity index (χ3n) is 3.35. The third kappa shape index (κ3) is 3.64. The molecule has 0 aliphatic rings. The van der Waals surface area contributed by atoms with Crippen molar-refractivity contribution in [1.82, 2.24) is 9.78 Å². The average molecular weight is 327 g/mol. The lowest BCUT2D eigenvalue weighted by Crippen LogP contribution is -2.17. The molecule has 1 amide bonds. The van der Waals surface area contributed by atoms with Gasteiger partial charge in [0.2, 0.25) is 5.91 Å². The maximum atomic E-state index is 12.8. The quantitative estimate of drug-likeness (QED) is 0.939. The van der Waals surface area contributed by atoms with Crippen molar-refractivity contribution in [2.75, 3.05) is 12.4 Å². The molecule has 8 heteroatoms. The molecule has 0 bridgehead atoms. The number of para-hydroxylation sites is 1. The Kier molecular flexibility index (Phi) is 4.63. The third-order valence-corrected chi connectivity index (χ3v) is 3.35. The number of carbonyl (C=O) groups is 1. The summed E-state index contributed by atoms with van der Waals surface area (Å²) in [6.07, 6.45) is -4.58. The van der Waals surface area contributed by atoms with Crippen LogP contribution in [0.15, 0.2) is 24.3 Å². The van der Waals surface area contributed by atoms with Gasteiger partial charge >= 0.3 is 6.18 Å². The number of ether oxygens (including phenoxy) is 1. The molecule has 0 aliphatic heterocycles. The summed E-state index contributed by atoms with van der Waals surface area (Å²) >= 11 is 0. The highest BCUT2D eigenvalue weighted by atomic mass is 19.4. The van der Waals surface area contributed by atoms with E-state index in [1.165, 1.54) is 21.1 Å². The second kappa shape index (κ2) is 6.31. The minimum atomic E-state index is -4.56. The molecule has 2 aromatic rings. The Bertz CT molecular complexity index is 723. The van der Waals surface area contributed by atoms with Gasteiger partial charge in [-0.15, -0.1) is 0 Å². The first-order valence-electron chi connectivity index (χ1n) is 6.76. The van der Waals surface area contributed by atoms with Crippen LogP contribution >= 0.6 is 0 Å². The molecule has 0 fully saturated rings. The molecule has 1 aromatic carbocycles. The second-order valence-corrected chi connectivity index (χ2v) is 4.98. The minimum Gasteiger partial charge on any atom is -0.496 e. The van der Waals surface area contributed by atoms with Gasteiger partial charge in [0.05, 0.1) is 13.5 Å². The molecule has 0 saturated heterocycles. The summed E-state index contributed by atoms with van der Waals surface area (Å²) in [7, 11) is 2.83. The fraction of sp³-hybridized carbons (Fsp3) is 0.333. The zero-order chi connectivity index (χ0) is 17.2. The first kappa shape index (κ1) is 16.9. The summed E-state index contributed by atoms with van der Waals surface area (Å²) in [6.45, 7) is 1.27. The summed E-state index contributed by atoms with van der Waals surface area (Å²) in [5.41, 5.74) is -0.482. The molecule has 1 heterocycles. The van der Waals surface area contributed by atoms with E-state index < -0.39 is 17.8 Å². The molecule has 0 saturated carbocycles. The maximum absolute atomic E-state index is 12.8. The second-order valence-electron chi connectivity index (χ2n) is 4.98. The van der Waals surface area contributed by atoms with Gasteiger partial charge in [-0.05, 0) is 13.0 Å². The van der Waals surface area contributed by atoms with E-state index in [1.54, 1.807) is 24.3 Å². The molecule has 0 radical (unpaired) electrons. The van der Waals surface area contributed by atoms with Crippen molar-refractivity contribution >= 4 is 11.7 Å². The molecule has 23 heavy (non-hydrogen) atoms. The first-order chi connectivity index (χ1) is 10.7. The molecule has 0 spiro atoms. The van der Waals surface area contributed by atoms with E-state index in [4.69, 9.17) is 4.74 Å². The molecular formula is C15H16F3N3O2. The zero-order valence-corrected chi connectivity index (χ0v) is 12.9. The molecule has 0 unspecified atom stereocenters. The van der Waals surface area contributed by atoms with Gasteiger partial charge in [-0.2, -0.15) is 18.3 Å². The molecule has 5 nitrogen and oxygen atoms in total. The van der Waals surface area contributed by atoms with Crippen LogP contribution in [0.1, 0.15) is 16.8 Å². The normalized spacial score (nSPS) is 11.4. The van der Waals surface area contributed by atoms with Gasteiger partial charge in [-0.25, -0.2) is 0 Å². The van der Waals surface area contributed by atoms with E-state index in [-0.39, 0.29) is 17.8 Å². The number of benzene rings is 1. The standard InChI is InChI=1S/C15H16F3N3O2/c1-9-13(15(16,17)18)20-21(2)14(9)19-12(22)8-10-6-4-5-7-11(10)23-3/h4-7H,8H2,1-3H3,(H,19,22). The van der Waals surface area contributed by atoms with E-state index in [2.05, 4.69) is 10.4 Å². The lowest BCUT2D eigenvalue weighted by molar-refractivity contribution is -0.141. The maximum Gasteiger partial charge on any atom is 0.435 e. The van der Waals surface area contributed by atoms with Crippen molar-refractivity contribution < 1.29 is 22.7 Å². The van der Waals surface area contributed by atoms with Crippen LogP contribution in [-0.4, -0.2) is 22.8 Å². The summed E-state index contributed by atoms with van der Waals surface area (Å²) in [5.74, 6) is 0.118. The highest BCUT2D eigenvalue weighted by Crippen LogP contribution is 2.33. The Balaban J connectivity index is 2.20. The van der Waals surface area contributed by atoms with Crippen LogP contribution in [0, 0.1) is 6.92 Å². The van der Waals surface area contributed by atoms with Crippen molar-refractivity contribution in [3.05, 3.63) is 41.1 Å². The van der Waals surface area contributed by atoms with Gasteiger partial charge in [-0.1, -0.05) is 18.2 Å². The smallest absolute Gasteiger partial charge is 0.435 e. The topological polar surface area (TPSA) is 56.1 Å². The monoisotopic (exact) mass is 327 g/mol. The van der Waals surface area contributed by atoms with Crippen LogP contribution < -0.4 is 10.1 Å². The Hall–Kier alpha value is -2.51. The predicted octanol–water partition coefficient (Wildman–Crippen LogP) is 2.94. The van der Waals surface area contributed by atoms with E-state index in [0.717, 1.165) is 4.68 Å². The van der Waals surface area contributed by atoms with E-state index in [9.17, 15) is 18.0 Å². The number of methoxy groups -OCH3 is 1. The van der Waals surface area contributed by atoms with Crippen molar-refractivity contribution in [2.45, 2.75) is 19.5 Å². The number of nitrogens with zero attached hydrogens (tertiary/aromatic N) is 2. The van der Waals surface area contributed by atoms with Crippen LogP contribution in [0.3, 0.4) is 0 Å². The van der Waals surface area contributed by atoms with E-state index in [0.29, 0.717) is 11.3 Å². The van der Waals surface area contributed by atoms with Crippen LogP contribution in [0.2, 0.25) is 0 Å². The predicted molar refractivity (Wildman–Crippen MR) is 78.3 cm³/mol. The Morgan fingerprint density at radius 1 is 1.35 bits per heavy atom.